The highest BCUT2D eigenvalue weighted by Crippen LogP contribution is 2.41. The fourth-order valence-corrected chi connectivity index (χ4v) is 6.12. The smallest absolute Gasteiger partial charge is 0.242 e. The fraction of sp³-hybridized carbons (Fsp3) is 0.571. The van der Waals surface area contributed by atoms with Gasteiger partial charge in [-0.1, -0.05) is 50.9 Å². The molecule has 1 amide bonds. The van der Waals surface area contributed by atoms with E-state index < -0.39 is 20.5 Å². The first kappa shape index (κ1) is 21.5. The summed E-state index contributed by atoms with van der Waals surface area (Å²) < 4.78 is 31.0. The van der Waals surface area contributed by atoms with E-state index in [2.05, 4.69) is 15.5 Å². The molecule has 1 N–H and O–H groups in total. The number of carbonyl (C=O) groups excluding carboxylic acids is 1. The summed E-state index contributed by atoms with van der Waals surface area (Å²) in [5, 5.41) is 6.65. The Morgan fingerprint density at radius 2 is 1.86 bits per heavy atom. The molecule has 1 aliphatic rings. The molecule has 0 saturated heterocycles. The monoisotopic (exact) mass is 419 g/mol. The number of benzene rings is 1. The molecule has 3 rings (SSSR count). The largest absolute Gasteiger partial charge is 0.347 e. The molecule has 1 heterocycles. The first-order valence-electron chi connectivity index (χ1n) is 9.91. The third kappa shape index (κ3) is 3.95. The second kappa shape index (κ2) is 7.55. The first-order chi connectivity index (χ1) is 13.5. The van der Waals surface area contributed by atoms with Crippen LogP contribution in [-0.2, 0) is 26.6 Å². The van der Waals surface area contributed by atoms with Gasteiger partial charge in [0.2, 0.25) is 11.8 Å². The van der Waals surface area contributed by atoms with Gasteiger partial charge in [0.1, 0.15) is 0 Å². The summed E-state index contributed by atoms with van der Waals surface area (Å²) in [5.41, 5.74) is 1.21. The molecule has 0 aliphatic heterocycles. The standard InChI is InChI=1S/C21H29N3O4S/c1-14-8-9-15(2)16(12-14)29(26,27)21(10-6-7-11-21)18(25)22-13-17-23-19(28-24-17)20(3,4)5/h8-9,12H,6-7,10-11,13H2,1-5H3,(H,22,25). The van der Waals surface area contributed by atoms with Crippen LogP contribution >= 0.6 is 0 Å². The van der Waals surface area contributed by atoms with E-state index in [1.165, 1.54) is 0 Å². The van der Waals surface area contributed by atoms with E-state index in [0.29, 0.717) is 43.0 Å². The molecule has 8 heteroatoms. The summed E-state index contributed by atoms with van der Waals surface area (Å²) in [6.07, 6.45) is 2.03. The minimum Gasteiger partial charge on any atom is -0.347 e. The number of carbonyl (C=O) groups is 1. The van der Waals surface area contributed by atoms with Gasteiger partial charge in [-0.25, -0.2) is 8.42 Å². The average Bonchev–Trinajstić information content (AvgIpc) is 3.31. The number of amides is 1. The Morgan fingerprint density at radius 3 is 2.45 bits per heavy atom. The van der Waals surface area contributed by atoms with Gasteiger partial charge in [0.25, 0.3) is 0 Å². The molecule has 0 spiro atoms. The lowest BCUT2D eigenvalue weighted by Gasteiger charge is -2.28. The maximum absolute atomic E-state index is 13.6. The number of hydrogen-bond acceptors (Lipinski definition) is 6. The Kier molecular flexibility index (Phi) is 5.60. The van der Waals surface area contributed by atoms with Crippen molar-refractivity contribution in [2.75, 3.05) is 0 Å². The van der Waals surface area contributed by atoms with Gasteiger partial charge >= 0.3 is 0 Å². The third-order valence-corrected chi connectivity index (χ3v) is 8.13. The molecule has 7 nitrogen and oxygen atoms in total. The van der Waals surface area contributed by atoms with Crippen molar-refractivity contribution in [2.24, 2.45) is 0 Å². The molecule has 2 aromatic rings. The molecule has 1 fully saturated rings. The predicted molar refractivity (Wildman–Crippen MR) is 109 cm³/mol. The lowest BCUT2D eigenvalue weighted by atomic mass is 9.97. The zero-order valence-electron chi connectivity index (χ0n) is 17.7. The van der Waals surface area contributed by atoms with Gasteiger partial charge in [0.05, 0.1) is 11.4 Å². The van der Waals surface area contributed by atoms with Gasteiger partial charge in [-0.2, -0.15) is 4.98 Å². The summed E-state index contributed by atoms with van der Waals surface area (Å²) in [6.45, 7) is 9.50. The minimum absolute atomic E-state index is 0.0302. The first-order valence-corrected chi connectivity index (χ1v) is 11.4. The van der Waals surface area contributed by atoms with Crippen molar-refractivity contribution in [3.8, 4) is 0 Å². The molecule has 1 aromatic carbocycles. The molecular formula is C21H29N3O4S. The highest BCUT2D eigenvalue weighted by Gasteiger charge is 2.53. The molecular weight excluding hydrogens is 390 g/mol. The maximum atomic E-state index is 13.6. The summed E-state index contributed by atoms with van der Waals surface area (Å²) in [6, 6.07) is 5.32. The van der Waals surface area contributed by atoms with Crippen LogP contribution in [0.4, 0.5) is 0 Å². The molecule has 1 aliphatic carbocycles. The molecule has 0 radical (unpaired) electrons. The van der Waals surface area contributed by atoms with Crippen molar-refractivity contribution >= 4 is 15.7 Å². The van der Waals surface area contributed by atoms with Crippen LogP contribution in [0.1, 0.15) is 69.3 Å². The summed E-state index contributed by atoms with van der Waals surface area (Å²) in [4.78, 5) is 17.7. The predicted octanol–water partition coefficient (Wildman–Crippen LogP) is 3.39. The molecule has 1 saturated carbocycles. The van der Waals surface area contributed by atoms with Crippen molar-refractivity contribution in [1.82, 2.24) is 15.5 Å². The van der Waals surface area contributed by atoms with E-state index in [1.54, 1.807) is 19.1 Å². The third-order valence-electron chi connectivity index (χ3n) is 5.49. The van der Waals surface area contributed by atoms with Gasteiger partial charge in [0.15, 0.2) is 20.4 Å². The van der Waals surface area contributed by atoms with Crippen LogP contribution in [0.25, 0.3) is 0 Å². The fourth-order valence-electron chi connectivity index (χ4n) is 3.72. The van der Waals surface area contributed by atoms with E-state index in [9.17, 15) is 13.2 Å². The zero-order chi connectivity index (χ0) is 21.4. The maximum Gasteiger partial charge on any atom is 0.242 e. The lowest BCUT2D eigenvalue weighted by molar-refractivity contribution is -0.123. The molecule has 1 aromatic heterocycles. The van der Waals surface area contributed by atoms with E-state index in [0.717, 1.165) is 5.56 Å². The normalized spacial score (nSPS) is 16.7. The van der Waals surface area contributed by atoms with Crippen LogP contribution in [0.15, 0.2) is 27.6 Å². The lowest BCUT2D eigenvalue weighted by Crippen LogP contribution is -2.50. The van der Waals surface area contributed by atoms with Gasteiger partial charge in [-0.3, -0.25) is 4.79 Å². The van der Waals surface area contributed by atoms with Crippen molar-refractivity contribution in [3.05, 3.63) is 41.0 Å². The Bertz CT molecular complexity index is 1010. The number of aromatic nitrogens is 2. The van der Waals surface area contributed by atoms with Crippen LogP contribution in [0.2, 0.25) is 0 Å². The van der Waals surface area contributed by atoms with E-state index in [1.807, 2.05) is 33.8 Å². The summed E-state index contributed by atoms with van der Waals surface area (Å²) >= 11 is 0. The van der Waals surface area contributed by atoms with Crippen molar-refractivity contribution in [2.45, 2.75) is 81.9 Å². The van der Waals surface area contributed by atoms with Crippen LogP contribution in [0.5, 0.6) is 0 Å². The zero-order valence-corrected chi connectivity index (χ0v) is 18.5. The highest BCUT2D eigenvalue weighted by molar-refractivity contribution is 7.93. The van der Waals surface area contributed by atoms with E-state index in [4.69, 9.17) is 4.52 Å². The van der Waals surface area contributed by atoms with E-state index in [-0.39, 0.29) is 16.9 Å². The number of nitrogens with one attached hydrogen (secondary N) is 1. The van der Waals surface area contributed by atoms with Crippen LogP contribution in [0, 0.1) is 13.8 Å². The number of nitrogens with zero attached hydrogens (tertiary/aromatic N) is 2. The molecule has 0 unspecified atom stereocenters. The number of aryl methyl sites for hydroxylation is 2. The quantitative estimate of drug-likeness (QED) is 0.797. The van der Waals surface area contributed by atoms with Crippen LogP contribution in [0.3, 0.4) is 0 Å². The second-order valence-corrected chi connectivity index (χ2v) is 11.2. The minimum atomic E-state index is -3.85. The molecule has 158 valence electrons. The summed E-state index contributed by atoms with van der Waals surface area (Å²) in [5.74, 6) is 0.318. The van der Waals surface area contributed by atoms with Gasteiger partial charge in [-0.15, -0.1) is 0 Å². The summed E-state index contributed by atoms with van der Waals surface area (Å²) in [7, 11) is -3.85. The Morgan fingerprint density at radius 1 is 1.21 bits per heavy atom. The molecule has 0 atom stereocenters. The van der Waals surface area contributed by atoms with Crippen LogP contribution in [-0.4, -0.2) is 29.2 Å². The Balaban J connectivity index is 1.87. The van der Waals surface area contributed by atoms with Crippen molar-refractivity contribution < 1.29 is 17.7 Å². The van der Waals surface area contributed by atoms with Crippen molar-refractivity contribution in [3.63, 3.8) is 0 Å². The number of rotatable bonds is 5. The van der Waals surface area contributed by atoms with Crippen LogP contribution < -0.4 is 5.32 Å². The Hall–Kier alpha value is -2.22. The SMILES string of the molecule is Cc1ccc(C)c(S(=O)(=O)C2(C(=O)NCc3noc(C(C)(C)C)n3)CCCC2)c1. The highest BCUT2D eigenvalue weighted by atomic mass is 32.2. The topological polar surface area (TPSA) is 102 Å². The number of sulfone groups is 1. The second-order valence-electron chi connectivity index (χ2n) is 8.92. The average molecular weight is 420 g/mol. The number of hydrogen-bond donors (Lipinski definition) is 1. The van der Waals surface area contributed by atoms with Crippen molar-refractivity contribution in [1.29, 1.82) is 0 Å². The van der Waals surface area contributed by atoms with Gasteiger partial charge in [0, 0.05) is 5.41 Å². The Labute approximate surface area is 172 Å². The van der Waals surface area contributed by atoms with Gasteiger partial charge in [-0.05, 0) is 43.9 Å². The molecule has 29 heavy (non-hydrogen) atoms. The molecule has 0 bridgehead atoms. The van der Waals surface area contributed by atoms with Gasteiger partial charge < -0.3 is 9.84 Å². The van der Waals surface area contributed by atoms with E-state index >= 15 is 0 Å².